The summed E-state index contributed by atoms with van der Waals surface area (Å²) in [5.41, 5.74) is 0. The molecule has 1 aliphatic rings. The summed E-state index contributed by atoms with van der Waals surface area (Å²) < 4.78 is 0. The van der Waals surface area contributed by atoms with E-state index in [0.29, 0.717) is 0 Å². The lowest BCUT2D eigenvalue weighted by Crippen LogP contribution is -2.32. The van der Waals surface area contributed by atoms with E-state index in [1.165, 1.54) is 51.4 Å². The van der Waals surface area contributed by atoms with E-state index in [2.05, 4.69) is 41.5 Å². The fraction of sp³-hybridized carbons (Fsp3) is 1.00. The van der Waals surface area contributed by atoms with E-state index in [4.69, 9.17) is 0 Å². The Bertz CT molecular complexity index is 244. The van der Waals surface area contributed by atoms with Crippen molar-refractivity contribution in [3.05, 3.63) is 0 Å². The molecule has 0 amide bonds. The van der Waals surface area contributed by atoms with E-state index in [-0.39, 0.29) is 0 Å². The van der Waals surface area contributed by atoms with Crippen LogP contribution in [0.25, 0.3) is 0 Å². The van der Waals surface area contributed by atoms with E-state index in [9.17, 15) is 0 Å². The van der Waals surface area contributed by atoms with Gasteiger partial charge in [0.25, 0.3) is 0 Å². The van der Waals surface area contributed by atoms with Crippen LogP contribution in [0, 0.1) is 35.5 Å². The van der Waals surface area contributed by atoms with Crippen molar-refractivity contribution in [3.8, 4) is 0 Å². The molecule has 120 valence electrons. The second kappa shape index (κ2) is 9.11. The molecule has 0 aromatic heterocycles. The smallest absolute Gasteiger partial charge is 0.0383 e. The average molecular weight is 281 g/mol. The standard InChI is InChI=1S/C20H40/c1-7-10-15(2)13-17(4)16(3)11-8-9-12-20-14-18(5)19(20)6/h15-20H,7-14H2,1-6H3. The Morgan fingerprint density at radius 2 is 1.65 bits per heavy atom. The third-order valence-electron chi connectivity index (χ3n) is 6.33. The lowest BCUT2D eigenvalue weighted by atomic mass is 9.65. The van der Waals surface area contributed by atoms with Gasteiger partial charge in [-0.25, -0.2) is 0 Å². The summed E-state index contributed by atoms with van der Waals surface area (Å²) in [7, 11) is 0. The van der Waals surface area contributed by atoms with Crippen LogP contribution in [0.5, 0.6) is 0 Å². The normalized spacial score (nSPS) is 30.6. The van der Waals surface area contributed by atoms with Crippen molar-refractivity contribution in [2.45, 2.75) is 92.9 Å². The quantitative estimate of drug-likeness (QED) is 0.380. The Hall–Kier alpha value is 0. The van der Waals surface area contributed by atoms with Gasteiger partial charge in [-0.2, -0.15) is 0 Å². The largest absolute Gasteiger partial charge is 0.0654 e. The molecule has 0 aliphatic heterocycles. The van der Waals surface area contributed by atoms with E-state index < -0.39 is 0 Å². The first-order chi connectivity index (χ1) is 9.45. The Balaban J connectivity index is 2.05. The topological polar surface area (TPSA) is 0 Å². The summed E-state index contributed by atoms with van der Waals surface area (Å²) >= 11 is 0. The lowest BCUT2D eigenvalue weighted by molar-refractivity contribution is 0.0918. The summed E-state index contributed by atoms with van der Waals surface area (Å²) in [6.45, 7) is 14.6. The van der Waals surface area contributed by atoms with Crippen molar-refractivity contribution in [3.63, 3.8) is 0 Å². The molecule has 20 heavy (non-hydrogen) atoms. The maximum atomic E-state index is 2.48. The highest BCUT2D eigenvalue weighted by molar-refractivity contribution is 4.83. The van der Waals surface area contributed by atoms with Crippen molar-refractivity contribution < 1.29 is 0 Å². The van der Waals surface area contributed by atoms with Crippen LogP contribution in [-0.2, 0) is 0 Å². The fourth-order valence-electron chi connectivity index (χ4n) is 4.19. The molecule has 1 fully saturated rings. The van der Waals surface area contributed by atoms with Crippen LogP contribution < -0.4 is 0 Å². The highest BCUT2D eigenvalue weighted by Gasteiger charge is 2.33. The lowest BCUT2D eigenvalue weighted by Gasteiger charge is -2.41. The minimum absolute atomic E-state index is 0.916. The Morgan fingerprint density at radius 3 is 2.20 bits per heavy atom. The molecule has 0 aromatic carbocycles. The maximum absolute atomic E-state index is 2.48. The summed E-state index contributed by atoms with van der Waals surface area (Å²) in [5.74, 6) is 5.82. The molecule has 0 heteroatoms. The van der Waals surface area contributed by atoms with Crippen LogP contribution in [0.2, 0.25) is 0 Å². The molecule has 1 rings (SSSR count). The van der Waals surface area contributed by atoms with E-state index in [0.717, 1.165) is 35.5 Å². The van der Waals surface area contributed by atoms with Crippen LogP contribution in [-0.4, -0.2) is 0 Å². The summed E-state index contributed by atoms with van der Waals surface area (Å²) in [5, 5.41) is 0. The van der Waals surface area contributed by atoms with Gasteiger partial charge in [-0.15, -0.1) is 0 Å². The van der Waals surface area contributed by atoms with Gasteiger partial charge >= 0.3 is 0 Å². The Labute approximate surface area is 129 Å². The van der Waals surface area contributed by atoms with Crippen molar-refractivity contribution in [2.75, 3.05) is 0 Å². The number of hydrogen-bond donors (Lipinski definition) is 0. The van der Waals surface area contributed by atoms with Crippen LogP contribution in [0.4, 0.5) is 0 Å². The van der Waals surface area contributed by atoms with Gasteiger partial charge in [0.2, 0.25) is 0 Å². The first-order valence-corrected chi connectivity index (χ1v) is 9.45. The molecule has 6 atom stereocenters. The van der Waals surface area contributed by atoms with Gasteiger partial charge in [0, 0.05) is 0 Å². The summed E-state index contributed by atoms with van der Waals surface area (Å²) in [6, 6.07) is 0. The van der Waals surface area contributed by atoms with Gasteiger partial charge in [-0.3, -0.25) is 0 Å². The van der Waals surface area contributed by atoms with Crippen molar-refractivity contribution >= 4 is 0 Å². The minimum atomic E-state index is 0.916. The molecule has 0 spiro atoms. The van der Waals surface area contributed by atoms with Gasteiger partial charge in [-0.05, 0) is 48.3 Å². The van der Waals surface area contributed by atoms with Gasteiger partial charge in [0.1, 0.15) is 0 Å². The Morgan fingerprint density at radius 1 is 0.950 bits per heavy atom. The molecule has 1 aliphatic carbocycles. The zero-order valence-electron chi connectivity index (χ0n) is 15.1. The van der Waals surface area contributed by atoms with Crippen LogP contribution >= 0.6 is 0 Å². The second-order valence-corrected chi connectivity index (χ2v) is 8.20. The predicted octanol–water partition coefficient (Wildman–Crippen LogP) is 6.94. The van der Waals surface area contributed by atoms with Crippen LogP contribution in [0.3, 0.4) is 0 Å². The zero-order chi connectivity index (χ0) is 15.1. The average Bonchev–Trinajstić information content (AvgIpc) is 2.41. The van der Waals surface area contributed by atoms with Crippen LogP contribution in [0.1, 0.15) is 92.9 Å². The van der Waals surface area contributed by atoms with Crippen molar-refractivity contribution in [2.24, 2.45) is 35.5 Å². The molecule has 0 N–H and O–H groups in total. The fourth-order valence-corrected chi connectivity index (χ4v) is 4.19. The van der Waals surface area contributed by atoms with E-state index >= 15 is 0 Å². The molecule has 0 saturated heterocycles. The number of unbranched alkanes of at least 4 members (excludes halogenated alkanes) is 1. The zero-order valence-corrected chi connectivity index (χ0v) is 15.1. The first-order valence-electron chi connectivity index (χ1n) is 9.45. The monoisotopic (exact) mass is 280 g/mol. The van der Waals surface area contributed by atoms with E-state index in [1.807, 2.05) is 0 Å². The van der Waals surface area contributed by atoms with E-state index in [1.54, 1.807) is 0 Å². The molecule has 6 unspecified atom stereocenters. The SMILES string of the molecule is CCCC(C)CC(C)C(C)CCCCC1CC(C)C1C. The van der Waals surface area contributed by atoms with Crippen molar-refractivity contribution in [1.29, 1.82) is 0 Å². The van der Waals surface area contributed by atoms with Gasteiger partial charge in [-0.1, -0.05) is 80.1 Å². The molecular formula is C20H40. The second-order valence-electron chi connectivity index (χ2n) is 8.20. The molecule has 0 nitrogen and oxygen atoms in total. The van der Waals surface area contributed by atoms with Gasteiger partial charge < -0.3 is 0 Å². The van der Waals surface area contributed by atoms with Crippen molar-refractivity contribution in [1.82, 2.24) is 0 Å². The Kier molecular flexibility index (Phi) is 8.22. The third kappa shape index (κ3) is 5.78. The number of rotatable bonds is 10. The minimum Gasteiger partial charge on any atom is -0.0654 e. The van der Waals surface area contributed by atoms with Gasteiger partial charge in [0.15, 0.2) is 0 Å². The molecule has 0 heterocycles. The molecule has 1 saturated carbocycles. The van der Waals surface area contributed by atoms with Crippen LogP contribution in [0.15, 0.2) is 0 Å². The predicted molar refractivity (Wildman–Crippen MR) is 91.9 cm³/mol. The molecule has 0 bridgehead atoms. The molecular weight excluding hydrogens is 240 g/mol. The number of hydrogen-bond acceptors (Lipinski definition) is 0. The first kappa shape index (κ1) is 18.1. The summed E-state index contributed by atoms with van der Waals surface area (Å²) in [6.07, 6.45) is 11.6. The molecule has 0 radical (unpaired) electrons. The maximum Gasteiger partial charge on any atom is -0.0383 e. The summed E-state index contributed by atoms with van der Waals surface area (Å²) in [4.78, 5) is 0. The highest BCUT2D eigenvalue weighted by Crippen LogP contribution is 2.42. The highest BCUT2D eigenvalue weighted by atomic mass is 14.4. The van der Waals surface area contributed by atoms with Gasteiger partial charge in [0.05, 0.1) is 0 Å². The third-order valence-corrected chi connectivity index (χ3v) is 6.33. The molecule has 0 aromatic rings.